The summed E-state index contributed by atoms with van der Waals surface area (Å²) in [7, 11) is 1.88. The van der Waals surface area contributed by atoms with Crippen molar-refractivity contribution in [2.24, 2.45) is 0 Å². The molecule has 1 fully saturated rings. The van der Waals surface area contributed by atoms with Crippen LogP contribution >= 0.6 is 22.9 Å². The van der Waals surface area contributed by atoms with E-state index >= 15 is 0 Å². The lowest BCUT2D eigenvalue weighted by molar-refractivity contribution is 0.0699. The number of nitriles is 1. The number of carbonyl (C=O) groups is 1. The summed E-state index contributed by atoms with van der Waals surface area (Å²) in [5.41, 5.74) is 2.02. The highest BCUT2D eigenvalue weighted by Gasteiger charge is 2.27. The van der Waals surface area contributed by atoms with Crippen LogP contribution in [0.4, 0.5) is 10.2 Å². The van der Waals surface area contributed by atoms with Crippen LogP contribution in [0.25, 0.3) is 32.2 Å². The first-order valence-corrected chi connectivity index (χ1v) is 16.7. The Labute approximate surface area is 284 Å². The molecule has 1 aliphatic rings. The van der Waals surface area contributed by atoms with Crippen molar-refractivity contribution >= 4 is 55.8 Å². The molecule has 14 heteroatoms. The molecule has 0 radical (unpaired) electrons. The first-order chi connectivity index (χ1) is 23.1. The van der Waals surface area contributed by atoms with Crippen LogP contribution in [0.5, 0.6) is 5.75 Å². The summed E-state index contributed by atoms with van der Waals surface area (Å²) in [5, 5.41) is 22.1. The molecule has 6 rings (SSSR count). The van der Waals surface area contributed by atoms with Crippen molar-refractivity contribution in [3.8, 4) is 22.9 Å². The highest BCUT2D eigenvalue weighted by molar-refractivity contribution is 7.18. The van der Waals surface area contributed by atoms with E-state index in [-0.39, 0.29) is 41.3 Å². The van der Waals surface area contributed by atoms with E-state index in [1.807, 2.05) is 11.9 Å². The zero-order valence-corrected chi connectivity index (χ0v) is 28.2. The molecule has 48 heavy (non-hydrogen) atoms. The zero-order chi connectivity index (χ0) is 34.1. The molecule has 0 saturated carbocycles. The number of anilines is 1. The summed E-state index contributed by atoms with van der Waals surface area (Å²) in [6.45, 7) is 5.40. The Morgan fingerprint density at radius 1 is 1.27 bits per heavy atom. The number of benzene rings is 1. The molecule has 0 spiro atoms. The maximum Gasteiger partial charge on any atom is 0.338 e. The number of piperidine rings is 1. The van der Waals surface area contributed by atoms with E-state index in [1.54, 1.807) is 49.7 Å². The number of fused-ring (bicyclic) bond motifs is 2. The Bertz CT molecular complexity index is 2120. The van der Waals surface area contributed by atoms with Gasteiger partial charge in [-0.15, -0.1) is 11.3 Å². The molecule has 1 atom stereocenters. The number of hydrogen-bond acceptors (Lipinski definition) is 10. The van der Waals surface area contributed by atoms with Gasteiger partial charge in [-0.25, -0.2) is 19.2 Å². The number of hydrogen-bond donors (Lipinski definition) is 1. The van der Waals surface area contributed by atoms with Gasteiger partial charge in [0.05, 0.1) is 39.4 Å². The molecule has 1 aromatic carbocycles. The Hall–Kier alpha value is -4.64. The number of likely N-dealkylation sites (tertiary alicyclic amines) is 1. The van der Waals surface area contributed by atoms with Crippen molar-refractivity contribution in [3.05, 3.63) is 74.4 Å². The first kappa shape index (κ1) is 33.3. The first-order valence-electron chi connectivity index (χ1n) is 15.5. The number of alkyl halides is 1. The van der Waals surface area contributed by atoms with Crippen molar-refractivity contribution < 1.29 is 19.0 Å². The molecule has 0 amide bonds. The van der Waals surface area contributed by atoms with E-state index in [4.69, 9.17) is 16.3 Å². The summed E-state index contributed by atoms with van der Waals surface area (Å²) in [6, 6.07) is 9.25. The fraction of sp³-hybridized carbons (Fsp3) is 0.353. The predicted octanol–water partition coefficient (Wildman–Crippen LogP) is 5.94. The minimum Gasteiger partial charge on any atom is -0.491 e. The fourth-order valence-electron chi connectivity index (χ4n) is 6.35. The average Bonchev–Trinajstić information content (AvgIpc) is 3.51. The van der Waals surface area contributed by atoms with Crippen LogP contribution in [0.2, 0.25) is 5.02 Å². The SMILES string of the molecule is Cc1nc2cnc(N(C)C3CCN(CC(C)F)CC3)c(C#N)c2c(=O)n1CCOc1ccc(Cl)cc1-c1ccnc2c(C(=O)O)csc12. The summed E-state index contributed by atoms with van der Waals surface area (Å²) >= 11 is 7.65. The Morgan fingerprint density at radius 2 is 2.04 bits per heavy atom. The van der Waals surface area contributed by atoms with Crippen LogP contribution < -0.4 is 15.2 Å². The van der Waals surface area contributed by atoms with Crippen molar-refractivity contribution in [1.82, 2.24) is 24.4 Å². The lowest BCUT2D eigenvalue weighted by Crippen LogP contribution is -2.45. The Kier molecular flexibility index (Phi) is 9.59. The van der Waals surface area contributed by atoms with Crippen LogP contribution in [-0.4, -0.2) is 81.0 Å². The molecule has 11 nitrogen and oxygen atoms in total. The normalized spacial score (nSPS) is 14.7. The number of pyridine rings is 2. The monoisotopic (exact) mass is 689 g/mol. The second-order valence-electron chi connectivity index (χ2n) is 11.8. The Balaban J connectivity index is 1.27. The molecule has 1 saturated heterocycles. The molecule has 248 valence electrons. The van der Waals surface area contributed by atoms with Crippen molar-refractivity contribution in [2.75, 3.05) is 38.2 Å². The van der Waals surface area contributed by atoms with Gasteiger partial charge in [0.15, 0.2) is 0 Å². The number of nitrogens with zero attached hydrogens (tertiary/aromatic N) is 7. The number of carboxylic acids is 1. The van der Waals surface area contributed by atoms with Gasteiger partial charge in [0.1, 0.15) is 41.8 Å². The van der Waals surface area contributed by atoms with Crippen LogP contribution in [0, 0.1) is 18.3 Å². The third kappa shape index (κ3) is 6.43. The molecule has 0 aliphatic carbocycles. The minimum atomic E-state index is -1.06. The van der Waals surface area contributed by atoms with E-state index in [2.05, 4.69) is 25.9 Å². The van der Waals surface area contributed by atoms with Gasteiger partial charge in [0, 0.05) is 60.5 Å². The summed E-state index contributed by atoms with van der Waals surface area (Å²) in [4.78, 5) is 43.2. The van der Waals surface area contributed by atoms with Crippen LogP contribution in [0.3, 0.4) is 0 Å². The van der Waals surface area contributed by atoms with Gasteiger partial charge >= 0.3 is 5.97 Å². The van der Waals surface area contributed by atoms with Gasteiger partial charge in [0.2, 0.25) is 0 Å². The van der Waals surface area contributed by atoms with Crippen molar-refractivity contribution in [1.29, 1.82) is 5.26 Å². The lowest BCUT2D eigenvalue weighted by Gasteiger charge is -2.37. The highest BCUT2D eigenvalue weighted by atomic mass is 35.5. The zero-order valence-electron chi connectivity index (χ0n) is 26.6. The van der Waals surface area contributed by atoms with E-state index < -0.39 is 12.1 Å². The molecule has 0 bridgehead atoms. The second-order valence-corrected chi connectivity index (χ2v) is 13.2. The molecule has 5 aromatic rings. The van der Waals surface area contributed by atoms with Crippen molar-refractivity contribution in [2.45, 2.75) is 45.4 Å². The number of halogens is 2. The second kappa shape index (κ2) is 13.8. The van der Waals surface area contributed by atoms with E-state index in [0.717, 1.165) is 31.5 Å². The predicted molar refractivity (Wildman–Crippen MR) is 184 cm³/mol. The van der Waals surface area contributed by atoms with E-state index in [0.29, 0.717) is 50.3 Å². The summed E-state index contributed by atoms with van der Waals surface area (Å²) < 4.78 is 21.9. The largest absolute Gasteiger partial charge is 0.491 e. The smallest absolute Gasteiger partial charge is 0.338 e. The topological polar surface area (TPSA) is 137 Å². The molecule has 1 aliphatic heterocycles. The quantitative estimate of drug-likeness (QED) is 0.188. The number of rotatable bonds is 10. The molecule has 4 aromatic heterocycles. The number of aromatic nitrogens is 4. The van der Waals surface area contributed by atoms with Gasteiger partial charge < -0.3 is 19.6 Å². The molecule has 5 heterocycles. The summed E-state index contributed by atoms with van der Waals surface area (Å²) in [6.07, 6.45) is 3.76. The van der Waals surface area contributed by atoms with Gasteiger partial charge in [-0.3, -0.25) is 14.3 Å². The number of aryl methyl sites for hydroxylation is 1. The summed E-state index contributed by atoms with van der Waals surface area (Å²) in [5.74, 6) is 0.304. The third-order valence-corrected chi connectivity index (χ3v) is 9.96. The maximum absolute atomic E-state index is 14.0. The highest BCUT2D eigenvalue weighted by Crippen LogP contribution is 2.39. The number of ether oxygens (including phenoxy) is 1. The molecule has 1 unspecified atom stereocenters. The maximum atomic E-state index is 14.0. The number of carboxylic acid groups (broad SMARTS) is 1. The Morgan fingerprint density at radius 3 is 2.75 bits per heavy atom. The van der Waals surface area contributed by atoms with Crippen LogP contribution in [0.15, 0.2) is 46.8 Å². The standard InChI is InChI=1S/C34H33ClFN7O4S/c1-19(36)17-42-10-7-22(8-11-42)41(3)32-25(15-37)29-27(16-39-32)40-20(2)43(33(29)44)12-13-47-28-5-4-21(35)14-24(28)23-6-9-38-30-26(34(45)46)18-48-31(23)30/h4-6,9,14,16,18-19,22H,7-8,10-13,17H2,1-3H3,(H,45,46). The molecule has 1 N–H and O–H groups in total. The van der Waals surface area contributed by atoms with Gasteiger partial charge in [-0.05, 0) is 51.0 Å². The van der Waals surface area contributed by atoms with Gasteiger partial charge in [-0.2, -0.15) is 5.26 Å². The van der Waals surface area contributed by atoms with Crippen LogP contribution in [0.1, 0.15) is 41.5 Å². The van der Waals surface area contributed by atoms with Gasteiger partial charge in [-0.1, -0.05) is 11.6 Å². The van der Waals surface area contributed by atoms with Crippen LogP contribution in [-0.2, 0) is 6.54 Å². The number of aromatic carboxylic acids is 1. The molecular weight excluding hydrogens is 657 g/mol. The van der Waals surface area contributed by atoms with Crippen molar-refractivity contribution in [3.63, 3.8) is 0 Å². The number of thiophene rings is 1. The fourth-order valence-corrected chi connectivity index (χ4v) is 7.55. The third-order valence-electron chi connectivity index (χ3n) is 8.72. The molecular formula is C34H33ClFN7O4S. The lowest BCUT2D eigenvalue weighted by atomic mass is 10.0. The minimum absolute atomic E-state index is 0.0855. The van der Waals surface area contributed by atoms with E-state index in [1.165, 1.54) is 22.1 Å². The van der Waals surface area contributed by atoms with Gasteiger partial charge in [0.25, 0.3) is 5.56 Å². The van der Waals surface area contributed by atoms with E-state index in [9.17, 15) is 24.3 Å². The average molecular weight is 690 g/mol.